The largest absolute Gasteiger partial charge is 0.493 e. The molecule has 0 radical (unpaired) electrons. The van der Waals surface area contributed by atoms with Crippen LogP contribution in [0.5, 0.6) is 11.5 Å². The lowest BCUT2D eigenvalue weighted by molar-refractivity contribution is -0.132. The number of carbonyl (C=O) groups excluding carboxylic acids is 1. The van der Waals surface area contributed by atoms with E-state index in [1.165, 1.54) is 0 Å². The fraction of sp³-hybridized carbons (Fsp3) is 0.348. The number of rotatable bonds is 7. The van der Waals surface area contributed by atoms with Crippen molar-refractivity contribution in [1.29, 1.82) is 0 Å². The van der Waals surface area contributed by atoms with Gasteiger partial charge in [-0.05, 0) is 43.0 Å². The first-order valence-electron chi connectivity index (χ1n) is 10.1. The second kappa shape index (κ2) is 8.98. The summed E-state index contributed by atoms with van der Waals surface area (Å²) in [6, 6.07) is 15.4. The molecule has 0 aliphatic carbocycles. The van der Waals surface area contributed by atoms with Crippen LogP contribution in [0.15, 0.2) is 53.1 Å². The van der Waals surface area contributed by atoms with Crippen molar-refractivity contribution in [2.24, 2.45) is 0 Å². The number of likely N-dealkylation sites (tertiary alicyclic amines) is 1. The van der Waals surface area contributed by atoms with E-state index in [2.05, 4.69) is 10.1 Å². The summed E-state index contributed by atoms with van der Waals surface area (Å²) in [5.74, 6) is 2.29. The van der Waals surface area contributed by atoms with Gasteiger partial charge in [-0.1, -0.05) is 35.5 Å². The van der Waals surface area contributed by atoms with E-state index in [4.69, 9.17) is 14.0 Å². The maximum atomic E-state index is 12.8. The Bertz CT molecular complexity index is 1000. The van der Waals surface area contributed by atoms with E-state index in [1.807, 2.05) is 47.4 Å². The summed E-state index contributed by atoms with van der Waals surface area (Å²) in [6.07, 6.45) is 2.95. The predicted molar refractivity (Wildman–Crippen MR) is 111 cm³/mol. The first-order chi connectivity index (χ1) is 14.7. The van der Waals surface area contributed by atoms with Crippen molar-refractivity contribution in [2.75, 3.05) is 20.8 Å². The molecule has 1 amide bonds. The van der Waals surface area contributed by atoms with Crippen LogP contribution < -0.4 is 9.47 Å². The second-order valence-electron chi connectivity index (χ2n) is 7.26. The SMILES string of the molecule is COc1ccc(-c2noc([C@@H]3CCCN3C(=O)CCc3ccccc3)n2)cc1OC. The number of carbonyl (C=O) groups is 1. The summed E-state index contributed by atoms with van der Waals surface area (Å²) < 4.78 is 16.2. The number of aryl methyl sites for hydroxylation is 1. The van der Waals surface area contributed by atoms with Crippen molar-refractivity contribution in [1.82, 2.24) is 15.0 Å². The average Bonchev–Trinajstić information content (AvgIpc) is 3.47. The van der Waals surface area contributed by atoms with Gasteiger partial charge in [0.2, 0.25) is 17.6 Å². The molecule has 3 aromatic rings. The third kappa shape index (κ3) is 4.15. The molecule has 1 fully saturated rings. The molecule has 30 heavy (non-hydrogen) atoms. The standard InChI is InChI=1S/C23H25N3O4/c1-28-19-12-11-17(15-20(19)29-2)22-24-23(30-25-22)18-9-6-14-26(18)21(27)13-10-16-7-4-3-5-8-16/h3-5,7-8,11-12,15,18H,6,9-10,13-14H2,1-2H3/t18-/m0/s1. The fourth-order valence-corrected chi connectivity index (χ4v) is 3.82. The highest BCUT2D eigenvalue weighted by atomic mass is 16.5. The molecule has 2 heterocycles. The zero-order valence-corrected chi connectivity index (χ0v) is 17.2. The van der Waals surface area contributed by atoms with Gasteiger partial charge in [0.15, 0.2) is 11.5 Å². The van der Waals surface area contributed by atoms with Crippen molar-refractivity contribution in [3.05, 3.63) is 60.0 Å². The third-order valence-corrected chi connectivity index (χ3v) is 5.41. The highest BCUT2D eigenvalue weighted by molar-refractivity contribution is 5.77. The van der Waals surface area contributed by atoms with Crippen LogP contribution in [0.1, 0.15) is 36.8 Å². The minimum atomic E-state index is -0.172. The van der Waals surface area contributed by atoms with Crippen LogP contribution in [0.2, 0.25) is 0 Å². The topological polar surface area (TPSA) is 77.7 Å². The number of ether oxygens (including phenoxy) is 2. The Balaban J connectivity index is 1.47. The van der Waals surface area contributed by atoms with Crippen molar-refractivity contribution < 1.29 is 18.8 Å². The minimum absolute atomic E-state index is 0.118. The van der Waals surface area contributed by atoms with Gasteiger partial charge < -0.3 is 18.9 Å². The van der Waals surface area contributed by atoms with Gasteiger partial charge in [0.05, 0.1) is 14.2 Å². The minimum Gasteiger partial charge on any atom is -0.493 e. The van der Waals surface area contributed by atoms with Gasteiger partial charge in [0.25, 0.3) is 0 Å². The molecule has 2 aromatic carbocycles. The summed E-state index contributed by atoms with van der Waals surface area (Å²) >= 11 is 0. The molecule has 156 valence electrons. The van der Waals surface area contributed by atoms with Crippen LogP contribution in [0, 0.1) is 0 Å². The first kappa shape index (κ1) is 19.9. The Morgan fingerprint density at radius 1 is 1.13 bits per heavy atom. The number of amides is 1. The maximum absolute atomic E-state index is 12.8. The molecular weight excluding hydrogens is 382 g/mol. The molecule has 7 nitrogen and oxygen atoms in total. The van der Waals surface area contributed by atoms with Crippen molar-refractivity contribution in [2.45, 2.75) is 31.7 Å². The molecule has 0 unspecified atom stereocenters. The lowest BCUT2D eigenvalue weighted by Gasteiger charge is -2.21. The molecule has 0 N–H and O–H groups in total. The number of hydrogen-bond acceptors (Lipinski definition) is 6. The van der Waals surface area contributed by atoms with E-state index in [-0.39, 0.29) is 11.9 Å². The van der Waals surface area contributed by atoms with E-state index in [1.54, 1.807) is 20.3 Å². The van der Waals surface area contributed by atoms with Crippen LogP contribution in [-0.4, -0.2) is 41.7 Å². The zero-order chi connectivity index (χ0) is 20.9. The molecule has 1 aliphatic rings. The molecule has 1 aliphatic heterocycles. The van der Waals surface area contributed by atoms with Crippen LogP contribution in [0.3, 0.4) is 0 Å². The molecule has 0 spiro atoms. The lowest BCUT2D eigenvalue weighted by atomic mass is 10.1. The van der Waals surface area contributed by atoms with Crippen LogP contribution in [-0.2, 0) is 11.2 Å². The maximum Gasteiger partial charge on any atom is 0.249 e. The molecule has 0 bridgehead atoms. The number of nitrogens with zero attached hydrogens (tertiary/aromatic N) is 3. The van der Waals surface area contributed by atoms with E-state index in [0.29, 0.717) is 36.2 Å². The van der Waals surface area contributed by atoms with Crippen molar-refractivity contribution in [3.8, 4) is 22.9 Å². The van der Waals surface area contributed by atoms with Gasteiger partial charge in [-0.3, -0.25) is 4.79 Å². The molecule has 1 aromatic heterocycles. The van der Waals surface area contributed by atoms with Crippen molar-refractivity contribution >= 4 is 5.91 Å². The Morgan fingerprint density at radius 2 is 1.93 bits per heavy atom. The van der Waals surface area contributed by atoms with Gasteiger partial charge in [-0.2, -0.15) is 4.98 Å². The first-order valence-corrected chi connectivity index (χ1v) is 10.1. The van der Waals surface area contributed by atoms with Crippen LogP contribution in [0.4, 0.5) is 0 Å². The molecule has 1 atom stereocenters. The molecule has 7 heteroatoms. The second-order valence-corrected chi connectivity index (χ2v) is 7.26. The fourth-order valence-electron chi connectivity index (χ4n) is 3.82. The highest BCUT2D eigenvalue weighted by Crippen LogP contribution is 2.34. The Hall–Kier alpha value is -3.35. The highest BCUT2D eigenvalue weighted by Gasteiger charge is 2.33. The molecule has 1 saturated heterocycles. The van der Waals surface area contributed by atoms with E-state index in [9.17, 15) is 4.79 Å². The summed E-state index contributed by atoms with van der Waals surface area (Å²) in [6.45, 7) is 0.715. The Morgan fingerprint density at radius 3 is 2.70 bits per heavy atom. The smallest absolute Gasteiger partial charge is 0.249 e. The Kier molecular flexibility index (Phi) is 5.97. The molecule has 0 saturated carbocycles. The normalized spacial score (nSPS) is 15.9. The summed E-state index contributed by atoms with van der Waals surface area (Å²) in [4.78, 5) is 19.3. The van der Waals surface area contributed by atoms with Gasteiger partial charge in [0.1, 0.15) is 6.04 Å². The Labute approximate surface area is 175 Å². The summed E-state index contributed by atoms with van der Waals surface area (Å²) in [7, 11) is 3.17. The van der Waals surface area contributed by atoms with Crippen molar-refractivity contribution in [3.63, 3.8) is 0 Å². The van der Waals surface area contributed by atoms with Crippen LogP contribution in [0.25, 0.3) is 11.4 Å². The van der Waals surface area contributed by atoms with Gasteiger partial charge in [-0.15, -0.1) is 0 Å². The monoisotopic (exact) mass is 407 g/mol. The number of hydrogen-bond donors (Lipinski definition) is 0. The number of methoxy groups -OCH3 is 2. The average molecular weight is 407 g/mol. The predicted octanol–water partition coefficient (Wildman–Crippen LogP) is 4.05. The summed E-state index contributed by atoms with van der Waals surface area (Å²) in [5.41, 5.74) is 1.93. The quantitative estimate of drug-likeness (QED) is 0.588. The van der Waals surface area contributed by atoms with E-state index < -0.39 is 0 Å². The van der Waals surface area contributed by atoms with E-state index >= 15 is 0 Å². The molecule has 4 rings (SSSR count). The zero-order valence-electron chi connectivity index (χ0n) is 17.2. The van der Waals surface area contributed by atoms with Gasteiger partial charge in [-0.25, -0.2) is 0 Å². The van der Waals surface area contributed by atoms with Gasteiger partial charge >= 0.3 is 0 Å². The van der Waals surface area contributed by atoms with E-state index in [0.717, 1.165) is 30.4 Å². The number of aromatic nitrogens is 2. The van der Waals surface area contributed by atoms with Crippen LogP contribution >= 0.6 is 0 Å². The number of benzene rings is 2. The third-order valence-electron chi connectivity index (χ3n) is 5.41. The molecular formula is C23H25N3O4. The summed E-state index contributed by atoms with van der Waals surface area (Å²) in [5, 5.41) is 4.13. The van der Waals surface area contributed by atoms with Gasteiger partial charge in [0, 0.05) is 18.5 Å². The lowest BCUT2D eigenvalue weighted by Crippen LogP contribution is -2.30.